The number of Topliss-reactive ketones (excluding diaryl/α,β-unsaturated/α-hetero) is 1. The second-order valence-electron chi connectivity index (χ2n) is 10.3. The lowest BCUT2D eigenvalue weighted by atomic mass is 9.93. The van der Waals surface area contributed by atoms with Gasteiger partial charge in [0.1, 0.15) is 17.3 Å². The second kappa shape index (κ2) is 12.3. The number of ketones is 1. The Morgan fingerprint density at radius 1 is 0.950 bits per heavy atom. The first-order chi connectivity index (χ1) is 19.2. The Kier molecular flexibility index (Phi) is 8.83. The number of nitrogens with zero attached hydrogens (tertiary/aromatic N) is 2. The van der Waals surface area contributed by atoms with E-state index in [1.54, 1.807) is 30.3 Å². The maximum absolute atomic E-state index is 13.7. The molecule has 3 aromatic carbocycles. The zero-order chi connectivity index (χ0) is 29.0. The number of aliphatic hydroxyl groups is 1. The van der Waals surface area contributed by atoms with E-state index in [2.05, 4.69) is 0 Å². The molecule has 0 radical (unpaired) electrons. The van der Waals surface area contributed by atoms with Gasteiger partial charge in [-0.1, -0.05) is 45.0 Å². The predicted octanol–water partition coefficient (Wildman–Crippen LogP) is 6.69. The first-order valence-corrected chi connectivity index (χ1v) is 13.8. The molecule has 0 aromatic heterocycles. The zero-order valence-corrected chi connectivity index (χ0v) is 24.1. The number of amides is 1. The number of para-hydroxylation sites is 2. The van der Waals surface area contributed by atoms with Crippen LogP contribution in [0.15, 0.2) is 72.3 Å². The van der Waals surface area contributed by atoms with Crippen LogP contribution in [0.5, 0.6) is 11.5 Å². The number of hydrogen-bond acceptors (Lipinski definition) is 6. The number of ether oxygens (including phenoxy) is 2. The number of anilines is 2. The van der Waals surface area contributed by atoms with Crippen molar-refractivity contribution in [2.24, 2.45) is 0 Å². The summed E-state index contributed by atoms with van der Waals surface area (Å²) in [7, 11) is 3.89. The molecule has 0 saturated carbocycles. The number of carbonyl (C=O) groups is 2. The minimum Gasteiger partial charge on any atom is -0.507 e. The molecule has 210 valence electrons. The van der Waals surface area contributed by atoms with E-state index in [0.29, 0.717) is 35.8 Å². The van der Waals surface area contributed by atoms with E-state index in [0.717, 1.165) is 23.4 Å². The van der Waals surface area contributed by atoms with Crippen LogP contribution in [0.1, 0.15) is 62.8 Å². The standard InChI is InChI=1S/C33H38N2O5/c1-7-19-40-28-12-10-9-11-26(28)35-30(22-13-16-24(17-14-22)34(5)6)29(32(37)33(35)38)31(36)23-15-18-27(39-8-2)25(20-23)21(3)4/h9-18,20-21,30,36H,7-8,19H2,1-6H3/b31-29-. The SMILES string of the molecule is CCCOc1ccccc1N1C(=O)C(=O)/C(=C(\O)c2ccc(OCC)c(C(C)C)c2)C1c1ccc(N(C)C)cc1. The molecule has 7 heteroatoms. The molecule has 3 aromatic rings. The van der Waals surface area contributed by atoms with Crippen molar-refractivity contribution < 1.29 is 24.2 Å². The average molecular weight is 543 g/mol. The van der Waals surface area contributed by atoms with Crippen LogP contribution in [0.2, 0.25) is 0 Å². The molecule has 1 saturated heterocycles. The van der Waals surface area contributed by atoms with Gasteiger partial charge in [0, 0.05) is 25.3 Å². The Morgan fingerprint density at radius 2 is 1.65 bits per heavy atom. The van der Waals surface area contributed by atoms with E-state index in [9.17, 15) is 14.7 Å². The van der Waals surface area contributed by atoms with Gasteiger partial charge in [0.15, 0.2) is 0 Å². The summed E-state index contributed by atoms with van der Waals surface area (Å²) in [6, 6.07) is 19.4. The summed E-state index contributed by atoms with van der Waals surface area (Å²) >= 11 is 0. The highest BCUT2D eigenvalue weighted by Crippen LogP contribution is 2.45. The van der Waals surface area contributed by atoms with E-state index in [-0.39, 0.29) is 17.3 Å². The van der Waals surface area contributed by atoms with Crippen molar-refractivity contribution in [1.29, 1.82) is 0 Å². The molecule has 0 spiro atoms. The van der Waals surface area contributed by atoms with Crippen LogP contribution < -0.4 is 19.3 Å². The van der Waals surface area contributed by atoms with Crippen molar-refractivity contribution in [2.45, 2.75) is 46.1 Å². The summed E-state index contributed by atoms with van der Waals surface area (Å²) < 4.78 is 11.8. The third kappa shape index (κ3) is 5.55. The van der Waals surface area contributed by atoms with Gasteiger partial charge in [0.25, 0.3) is 11.7 Å². The molecule has 7 nitrogen and oxygen atoms in total. The fourth-order valence-electron chi connectivity index (χ4n) is 4.93. The molecule has 40 heavy (non-hydrogen) atoms. The van der Waals surface area contributed by atoms with Gasteiger partial charge in [0.2, 0.25) is 0 Å². The highest BCUT2D eigenvalue weighted by molar-refractivity contribution is 6.52. The summed E-state index contributed by atoms with van der Waals surface area (Å²) in [6.45, 7) is 8.98. The molecule has 1 unspecified atom stereocenters. The quantitative estimate of drug-likeness (QED) is 0.175. The Labute approximate surface area is 236 Å². The Morgan fingerprint density at radius 3 is 2.27 bits per heavy atom. The van der Waals surface area contributed by atoms with E-state index < -0.39 is 17.7 Å². The summed E-state index contributed by atoms with van der Waals surface area (Å²) in [5.41, 5.74) is 3.55. The van der Waals surface area contributed by atoms with E-state index in [1.165, 1.54) is 4.90 Å². The summed E-state index contributed by atoms with van der Waals surface area (Å²) in [5, 5.41) is 11.7. The Hall–Kier alpha value is -4.26. The number of aliphatic hydroxyl groups excluding tert-OH is 1. The van der Waals surface area contributed by atoms with Gasteiger partial charge in [-0.3, -0.25) is 14.5 Å². The minimum atomic E-state index is -0.850. The molecule has 0 bridgehead atoms. The van der Waals surface area contributed by atoms with E-state index >= 15 is 0 Å². The third-order valence-corrected chi connectivity index (χ3v) is 6.96. The molecule has 1 amide bonds. The predicted molar refractivity (Wildman–Crippen MR) is 159 cm³/mol. The molecule has 1 aliphatic rings. The molecular formula is C33H38N2O5. The van der Waals surface area contributed by atoms with Crippen molar-refractivity contribution in [3.05, 3.63) is 89.0 Å². The van der Waals surface area contributed by atoms with Gasteiger partial charge < -0.3 is 19.5 Å². The maximum Gasteiger partial charge on any atom is 0.300 e. The van der Waals surface area contributed by atoms with Crippen molar-refractivity contribution >= 4 is 28.8 Å². The molecular weight excluding hydrogens is 504 g/mol. The minimum absolute atomic E-state index is 0.0340. The summed E-state index contributed by atoms with van der Waals surface area (Å²) in [5.74, 6) is -0.333. The number of rotatable bonds is 10. The fourth-order valence-corrected chi connectivity index (χ4v) is 4.93. The monoisotopic (exact) mass is 542 g/mol. The highest BCUT2D eigenvalue weighted by Gasteiger charge is 2.47. The third-order valence-electron chi connectivity index (χ3n) is 6.96. The molecule has 0 aliphatic carbocycles. The van der Waals surface area contributed by atoms with Crippen LogP contribution in [0.25, 0.3) is 5.76 Å². The first kappa shape index (κ1) is 28.7. The molecule has 1 atom stereocenters. The molecule has 1 heterocycles. The molecule has 1 aliphatic heterocycles. The van der Waals surface area contributed by atoms with Gasteiger partial charge in [-0.05, 0) is 72.9 Å². The smallest absolute Gasteiger partial charge is 0.300 e. The van der Waals surface area contributed by atoms with Gasteiger partial charge in [-0.15, -0.1) is 0 Å². The molecule has 1 N–H and O–H groups in total. The van der Waals surface area contributed by atoms with Crippen molar-refractivity contribution in [3.63, 3.8) is 0 Å². The zero-order valence-electron chi connectivity index (χ0n) is 24.1. The van der Waals surface area contributed by atoms with Gasteiger partial charge >= 0.3 is 0 Å². The number of carbonyl (C=O) groups excluding carboxylic acids is 2. The van der Waals surface area contributed by atoms with Crippen LogP contribution in [0, 0.1) is 0 Å². The molecule has 4 rings (SSSR count). The normalized spacial score (nSPS) is 16.5. The molecule has 1 fully saturated rings. The fraction of sp³-hybridized carbons (Fsp3) is 0.333. The van der Waals surface area contributed by atoms with Crippen molar-refractivity contribution in [3.8, 4) is 11.5 Å². The average Bonchev–Trinajstić information content (AvgIpc) is 3.21. The van der Waals surface area contributed by atoms with Crippen LogP contribution in [-0.4, -0.2) is 44.1 Å². The van der Waals surface area contributed by atoms with E-state index in [4.69, 9.17) is 9.47 Å². The number of hydrogen-bond donors (Lipinski definition) is 1. The van der Waals surface area contributed by atoms with Crippen LogP contribution in [0.3, 0.4) is 0 Å². The van der Waals surface area contributed by atoms with Gasteiger partial charge in [-0.2, -0.15) is 0 Å². The largest absolute Gasteiger partial charge is 0.507 e. The lowest BCUT2D eigenvalue weighted by molar-refractivity contribution is -0.132. The maximum atomic E-state index is 13.7. The topological polar surface area (TPSA) is 79.3 Å². The first-order valence-electron chi connectivity index (χ1n) is 13.8. The van der Waals surface area contributed by atoms with Gasteiger partial charge in [-0.25, -0.2) is 0 Å². The van der Waals surface area contributed by atoms with Crippen LogP contribution in [-0.2, 0) is 9.59 Å². The second-order valence-corrected chi connectivity index (χ2v) is 10.3. The van der Waals surface area contributed by atoms with Crippen molar-refractivity contribution in [2.75, 3.05) is 37.1 Å². The Bertz CT molecular complexity index is 1410. The summed E-state index contributed by atoms with van der Waals surface area (Å²) in [4.78, 5) is 30.8. The van der Waals surface area contributed by atoms with Gasteiger partial charge in [0.05, 0.1) is 30.5 Å². The van der Waals surface area contributed by atoms with E-state index in [1.807, 2.05) is 83.1 Å². The lowest BCUT2D eigenvalue weighted by Gasteiger charge is -2.27. The van der Waals surface area contributed by atoms with Crippen molar-refractivity contribution in [1.82, 2.24) is 0 Å². The number of benzene rings is 3. The van der Waals surface area contributed by atoms with Crippen LogP contribution >= 0.6 is 0 Å². The summed E-state index contributed by atoms with van der Waals surface area (Å²) in [6.07, 6.45) is 0.790. The highest BCUT2D eigenvalue weighted by atomic mass is 16.5. The van der Waals surface area contributed by atoms with Crippen LogP contribution in [0.4, 0.5) is 11.4 Å². The Balaban J connectivity index is 1.94. The lowest BCUT2D eigenvalue weighted by Crippen LogP contribution is -2.30.